The fraction of sp³-hybridized carbons (Fsp3) is 0.462. The van der Waals surface area contributed by atoms with Gasteiger partial charge in [0.1, 0.15) is 4.99 Å². The molecule has 2 N–H and O–H groups in total. The zero-order valence-corrected chi connectivity index (χ0v) is 10.8. The van der Waals surface area contributed by atoms with Crippen molar-refractivity contribution < 1.29 is 9.47 Å². The molecule has 4 heteroatoms. The maximum atomic E-state index is 5.95. The van der Waals surface area contributed by atoms with Crippen LogP contribution in [0.3, 0.4) is 0 Å². The van der Waals surface area contributed by atoms with E-state index >= 15 is 0 Å². The van der Waals surface area contributed by atoms with Crippen LogP contribution < -0.4 is 15.2 Å². The van der Waals surface area contributed by atoms with Gasteiger partial charge >= 0.3 is 0 Å². The second-order valence-corrected chi connectivity index (χ2v) is 4.69. The second kappa shape index (κ2) is 5.36. The molecule has 0 radical (unpaired) electrons. The van der Waals surface area contributed by atoms with Crippen LogP contribution in [0.2, 0.25) is 0 Å². The fourth-order valence-electron chi connectivity index (χ4n) is 2.11. The van der Waals surface area contributed by atoms with Crippen LogP contribution in [0.1, 0.15) is 31.2 Å². The van der Waals surface area contributed by atoms with Crippen LogP contribution in [0.15, 0.2) is 18.2 Å². The summed E-state index contributed by atoms with van der Waals surface area (Å²) in [7, 11) is 1.64. The minimum atomic E-state index is 0.297. The molecule has 1 aliphatic carbocycles. The Morgan fingerprint density at radius 2 is 2.00 bits per heavy atom. The first-order valence-electron chi connectivity index (χ1n) is 5.85. The van der Waals surface area contributed by atoms with E-state index in [1.165, 1.54) is 12.8 Å². The maximum Gasteiger partial charge on any atom is 0.162 e. The zero-order chi connectivity index (χ0) is 12.3. The Balaban J connectivity index is 2.21. The highest BCUT2D eigenvalue weighted by Gasteiger charge is 2.18. The summed E-state index contributed by atoms with van der Waals surface area (Å²) in [6, 6.07) is 5.56. The smallest absolute Gasteiger partial charge is 0.162 e. The van der Waals surface area contributed by atoms with Crippen molar-refractivity contribution in [2.24, 2.45) is 5.73 Å². The monoisotopic (exact) mass is 251 g/mol. The number of hydrogen-bond donors (Lipinski definition) is 1. The van der Waals surface area contributed by atoms with Gasteiger partial charge in [-0.1, -0.05) is 12.2 Å². The molecule has 0 amide bonds. The summed E-state index contributed by atoms with van der Waals surface area (Å²) in [6.07, 6.45) is 5.00. The van der Waals surface area contributed by atoms with E-state index < -0.39 is 0 Å². The van der Waals surface area contributed by atoms with Crippen molar-refractivity contribution in [1.29, 1.82) is 0 Å². The average Bonchev–Trinajstić information content (AvgIpc) is 2.81. The fourth-order valence-corrected chi connectivity index (χ4v) is 2.23. The van der Waals surface area contributed by atoms with E-state index in [4.69, 9.17) is 27.4 Å². The first-order chi connectivity index (χ1) is 8.20. The number of thiocarbonyl (C=S) groups is 1. The summed E-state index contributed by atoms with van der Waals surface area (Å²) in [4.78, 5) is 0.379. The summed E-state index contributed by atoms with van der Waals surface area (Å²) in [5.74, 6) is 1.47. The number of methoxy groups -OCH3 is 1. The van der Waals surface area contributed by atoms with Crippen molar-refractivity contribution in [1.82, 2.24) is 0 Å². The molecule has 0 saturated heterocycles. The van der Waals surface area contributed by atoms with Crippen molar-refractivity contribution in [2.75, 3.05) is 7.11 Å². The number of rotatable bonds is 4. The molecule has 1 aromatic rings. The number of benzene rings is 1. The molecule has 0 heterocycles. The molecule has 0 atom stereocenters. The van der Waals surface area contributed by atoms with E-state index in [9.17, 15) is 0 Å². The summed E-state index contributed by atoms with van der Waals surface area (Å²) in [6.45, 7) is 0. The highest BCUT2D eigenvalue weighted by Crippen LogP contribution is 2.32. The number of hydrogen-bond acceptors (Lipinski definition) is 3. The highest BCUT2D eigenvalue weighted by atomic mass is 32.1. The van der Waals surface area contributed by atoms with Crippen molar-refractivity contribution in [2.45, 2.75) is 31.8 Å². The molecule has 0 aliphatic heterocycles. The Labute approximate surface area is 107 Å². The molecule has 0 unspecified atom stereocenters. The number of ether oxygens (including phenoxy) is 2. The van der Waals surface area contributed by atoms with Crippen LogP contribution in [0.5, 0.6) is 11.5 Å². The summed E-state index contributed by atoms with van der Waals surface area (Å²) >= 11 is 4.97. The minimum Gasteiger partial charge on any atom is -0.493 e. The molecule has 1 fully saturated rings. The van der Waals surface area contributed by atoms with Gasteiger partial charge in [-0.2, -0.15) is 0 Å². The van der Waals surface area contributed by atoms with Gasteiger partial charge < -0.3 is 15.2 Å². The third-order valence-corrected chi connectivity index (χ3v) is 3.28. The molecule has 17 heavy (non-hydrogen) atoms. The van der Waals surface area contributed by atoms with Crippen molar-refractivity contribution in [3.05, 3.63) is 23.8 Å². The van der Waals surface area contributed by atoms with Crippen LogP contribution in [-0.2, 0) is 0 Å². The summed E-state index contributed by atoms with van der Waals surface area (Å²) < 4.78 is 11.2. The van der Waals surface area contributed by atoms with Gasteiger partial charge in [0.2, 0.25) is 0 Å². The van der Waals surface area contributed by atoms with Crippen LogP contribution in [0, 0.1) is 0 Å². The molecule has 0 bridgehead atoms. The zero-order valence-electron chi connectivity index (χ0n) is 9.94. The average molecular weight is 251 g/mol. The maximum absolute atomic E-state index is 5.95. The van der Waals surface area contributed by atoms with E-state index in [0.29, 0.717) is 11.1 Å². The molecule has 92 valence electrons. The van der Waals surface area contributed by atoms with E-state index in [-0.39, 0.29) is 0 Å². The predicted octanol–water partition coefficient (Wildman–Crippen LogP) is 2.65. The number of nitrogens with two attached hydrogens (primary N) is 1. The molecule has 2 rings (SSSR count). The predicted molar refractivity (Wildman–Crippen MR) is 71.8 cm³/mol. The van der Waals surface area contributed by atoms with E-state index in [0.717, 1.165) is 29.9 Å². The first kappa shape index (κ1) is 12.2. The van der Waals surface area contributed by atoms with Gasteiger partial charge in [0.05, 0.1) is 13.2 Å². The van der Waals surface area contributed by atoms with Crippen LogP contribution in [0.4, 0.5) is 0 Å². The van der Waals surface area contributed by atoms with Gasteiger partial charge in [0, 0.05) is 5.56 Å². The van der Waals surface area contributed by atoms with Crippen molar-refractivity contribution >= 4 is 17.2 Å². The highest BCUT2D eigenvalue weighted by molar-refractivity contribution is 7.80. The minimum absolute atomic E-state index is 0.297. The SMILES string of the molecule is COc1ccc(C(N)=S)cc1OC1CCCC1. The van der Waals surface area contributed by atoms with E-state index in [2.05, 4.69) is 0 Å². The third kappa shape index (κ3) is 2.88. The summed E-state index contributed by atoms with van der Waals surface area (Å²) in [5.41, 5.74) is 6.43. The molecule has 1 aliphatic rings. The lowest BCUT2D eigenvalue weighted by Crippen LogP contribution is -2.13. The molecule has 3 nitrogen and oxygen atoms in total. The molecule has 1 aromatic carbocycles. The Morgan fingerprint density at radius 3 is 2.59 bits per heavy atom. The molecular formula is C13H17NO2S. The topological polar surface area (TPSA) is 44.5 Å². The van der Waals surface area contributed by atoms with Crippen LogP contribution in [-0.4, -0.2) is 18.2 Å². The van der Waals surface area contributed by atoms with Gasteiger partial charge in [-0.3, -0.25) is 0 Å². The molecule has 0 aromatic heterocycles. The molecular weight excluding hydrogens is 234 g/mol. The lowest BCUT2D eigenvalue weighted by molar-refractivity contribution is 0.201. The normalized spacial score (nSPS) is 15.8. The van der Waals surface area contributed by atoms with Crippen molar-refractivity contribution in [3.63, 3.8) is 0 Å². The van der Waals surface area contributed by atoms with Gasteiger partial charge in [0.15, 0.2) is 11.5 Å². The largest absolute Gasteiger partial charge is 0.493 e. The van der Waals surface area contributed by atoms with Crippen LogP contribution >= 0.6 is 12.2 Å². The van der Waals surface area contributed by atoms with Crippen molar-refractivity contribution in [3.8, 4) is 11.5 Å². The van der Waals surface area contributed by atoms with Gasteiger partial charge in [-0.15, -0.1) is 0 Å². The lowest BCUT2D eigenvalue weighted by atomic mass is 10.2. The van der Waals surface area contributed by atoms with Gasteiger partial charge in [0.25, 0.3) is 0 Å². The van der Waals surface area contributed by atoms with Gasteiger partial charge in [-0.05, 0) is 43.9 Å². The second-order valence-electron chi connectivity index (χ2n) is 4.25. The third-order valence-electron chi connectivity index (χ3n) is 3.04. The molecule has 1 saturated carbocycles. The quantitative estimate of drug-likeness (QED) is 0.836. The lowest BCUT2D eigenvalue weighted by Gasteiger charge is -2.16. The van der Waals surface area contributed by atoms with E-state index in [1.807, 2.05) is 18.2 Å². The van der Waals surface area contributed by atoms with Crippen LogP contribution in [0.25, 0.3) is 0 Å². The molecule has 0 spiro atoms. The summed E-state index contributed by atoms with van der Waals surface area (Å²) in [5, 5.41) is 0. The Morgan fingerprint density at radius 1 is 1.29 bits per heavy atom. The van der Waals surface area contributed by atoms with E-state index in [1.54, 1.807) is 7.11 Å². The standard InChI is InChI=1S/C13H17NO2S/c1-15-11-7-6-9(13(14)17)8-12(11)16-10-4-2-3-5-10/h6-8,10H,2-5H2,1H3,(H2,14,17). The first-order valence-corrected chi connectivity index (χ1v) is 6.26. The van der Waals surface area contributed by atoms with Gasteiger partial charge in [-0.25, -0.2) is 0 Å². The Kier molecular flexibility index (Phi) is 3.84. The Hall–Kier alpha value is -1.29. The Bertz CT molecular complexity index is 414.